The molecule has 0 bridgehead atoms. The maximum Gasteiger partial charge on any atom is 0.187 e. The normalized spacial score (nSPS) is 52.4. The van der Waals surface area contributed by atoms with E-state index in [0.29, 0.717) is 38.5 Å². The van der Waals surface area contributed by atoms with Gasteiger partial charge in [0.25, 0.3) is 0 Å². The number of aliphatic hydroxyl groups excluding tert-OH is 10. The molecule has 3 heterocycles. The zero-order valence-electron chi connectivity index (χ0n) is 37.7. The molecule has 0 amide bonds. The fraction of sp³-hybridized carbons (Fsp3) is 0.956. The van der Waals surface area contributed by atoms with Crippen molar-refractivity contribution in [2.24, 2.45) is 46.3 Å². The molecule has 6 fully saturated rings. The smallest absolute Gasteiger partial charge is 0.187 e. The van der Waals surface area contributed by atoms with Crippen LogP contribution in [0.3, 0.4) is 0 Å². The molecule has 18 heteroatoms. The van der Waals surface area contributed by atoms with Crippen molar-refractivity contribution in [1.29, 1.82) is 0 Å². The van der Waals surface area contributed by atoms with Crippen molar-refractivity contribution in [3.05, 3.63) is 11.6 Å². The highest BCUT2D eigenvalue weighted by Gasteiger charge is 2.72. The van der Waals surface area contributed by atoms with Crippen molar-refractivity contribution in [2.75, 3.05) is 26.9 Å². The van der Waals surface area contributed by atoms with Crippen molar-refractivity contribution in [3.8, 4) is 0 Å². The van der Waals surface area contributed by atoms with E-state index in [9.17, 15) is 56.2 Å². The number of ether oxygens (including phenoxy) is 7. The Hall–Kier alpha value is -0.980. The minimum Gasteiger partial charge on any atom is -0.390 e. The van der Waals surface area contributed by atoms with E-state index in [2.05, 4.69) is 34.6 Å². The molecule has 0 unspecified atom stereocenters. The van der Waals surface area contributed by atoms with E-state index >= 15 is 0 Å². The summed E-state index contributed by atoms with van der Waals surface area (Å²) in [4.78, 5) is 0. The molecule has 18 nitrogen and oxygen atoms in total. The van der Waals surface area contributed by atoms with E-state index in [1.165, 1.54) is 14.0 Å². The third-order valence-corrected chi connectivity index (χ3v) is 16.8. The average Bonchev–Trinajstić information content (AvgIpc) is 3.44. The van der Waals surface area contributed by atoms with Crippen LogP contribution in [0.1, 0.15) is 86.5 Å². The lowest BCUT2D eigenvalue weighted by molar-refractivity contribution is -0.354. The topological polar surface area (TPSA) is 287 Å². The van der Waals surface area contributed by atoms with E-state index < -0.39 is 127 Å². The second-order valence-electron chi connectivity index (χ2n) is 20.9. The van der Waals surface area contributed by atoms with Crippen molar-refractivity contribution >= 4 is 0 Å². The predicted octanol–water partition coefficient (Wildman–Crippen LogP) is -0.933. The Morgan fingerprint density at radius 2 is 1.38 bits per heavy atom. The van der Waals surface area contributed by atoms with Crippen LogP contribution >= 0.6 is 0 Å². The maximum atomic E-state index is 12.9. The van der Waals surface area contributed by atoms with Crippen LogP contribution < -0.4 is 0 Å². The minimum absolute atomic E-state index is 0.0116. The SMILES string of the molecule is CO[C@H]1[C@H](O[C@@H]2C=C3[C@H](O)C[C@@]4(O)[C@@H]5[C@@H](O)[C@H](O)[C@H]([C@H](C)CC[C@H](CO[C@@H]6OC[C@@H](O)[C@H](O)[C@H]6O[C@@H]6O[C@@H](C)[C@@H](O)[C@@H](O)[C@@H]6O)C(C)C)[C@@]5(C)CC[C@@H]4[C@@]3(C)CC2)OC[C@@H](O)[C@@H]1O. The van der Waals surface area contributed by atoms with E-state index in [1.54, 1.807) is 0 Å². The standard InChI is InChI=1S/C45H76O18/c1-19(2)22(16-58-41-38(32(51)27(48)17-59-41)63-40-36(55)34(53)30(49)21(4)61-40)9-8-20(3)29-33(52)35(54)39-44(29,6)13-11-28-43(5)12-10-23(14-24(43)25(46)15-45(28,39)56)62-42-37(57-7)31(50)26(47)18-60-42/h14,19-23,25-42,46-56H,8-13,15-18H2,1-7H3/t20-,21+,22-,23+,25-,26-,27-,28-,29+,30-,31+,32+,33-,34-,35+,36+,37-,38-,39-,40+,41-,42+,43+,44-,45+/m1/s1. The lowest BCUT2D eigenvalue weighted by Crippen LogP contribution is -2.66. The first-order valence-corrected chi connectivity index (χ1v) is 23.2. The van der Waals surface area contributed by atoms with Gasteiger partial charge in [-0.2, -0.15) is 0 Å². The number of aliphatic hydroxyl groups is 11. The highest BCUT2D eigenvalue weighted by atomic mass is 16.8. The van der Waals surface area contributed by atoms with Crippen LogP contribution in [0.15, 0.2) is 11.6 Å². The summed E-state index contributed by atoms with van der Waals surface area (Å²) in [5, 5.41) is 122. The van der Waals surface area contributed by atoms with Gasteiger partial charge in [-0.25, -0.2) is 0 Å². The van der Waals surface area contributed by atoms with Gasteiger partial charge in [0.2, 0.25) is 0 Å². The fourth-order valence-electron chi connectivity index (χ4n) is 13.2. The van der Waals surface area contributed by atoms with Crippen LogP contribution in [0.4, 0.5) is 0 Å². The first kappa shape index (κ1) is 49.9. The second-order valence-corrected chi connectivity index (χ2v) is 20.9. The Labute approximate surface area is 370 Å². The second kappa shape index (κ2) is 19.2. The summed E-state index contributed by atoms with van der Waals surface area (Å²) in [6, 6.07) is 0. The van der Waals surface area contributed by atoms with E-state index in [4.69, 9.17) is 33.2 Å². The van der Waals surface area contributed by atoms with Crippen LogP contribution in [-0.2, 0) is 33.2 Å². The third kappa shape index (κ3) is 8.96. The molecule has 7 rings (SSSR count). The Kier molecular flexibility index (Phi) is 15.2. The largest absolute Gasteiger partial charge is 0.390 e. The van der Waals surface area contributed by atoms with Gasteiger partial charge in [-0.05, 0) is 91.4 Å². The van der Waals surface area contributed by atoms with Crippen LogP contribution in [0, 0.1) is 46.3 Å². The minimum atomic E-state index is -1.64. The summed E-state index contributed by atoms with van der Waals surface area (Å²) in [7, 11) is 1.41. The molecule has 0 spiro atoms. The number of hydrogen-bond acceptors (Lipinski definition) is 18. The molecule has 25 atom stereocenters. The van der Waals surface area contributed by atoms with E-state index in [1.807, 2.05) is 6.08 Å². The van der Waals surface area contributed by atoms with Gasteiger partial charge in [-0.3, -0.25) is 0 Å². The quantitative estimate of drug-likeness (QED) is 0.0996. The molecule has 0 aromatic carbocycles. The molecule has 3 aliphatic heterocycles. The molecule has 3 saturated carbocycles. The van der Waals surface area contributed by atoms with E-state index in [-0.39, 0.29) is 55.8 Å². The van der Waals surface area contributed by atoms with Crippen molar-refractivity contribution < 1.29 is 89.3 Å². The molecule has 4 aliphatic carbocycles. The van der Waals surface area contributed by atoms with E-state index in [0.717, 1.165) is 5.57 Å². The molecule has 3 saturated heterocycles. The zero-order valence-corrected chi connectivity index (χ0v) is 37.7. The van der Waals surface area contributed by atoms with Crippen LogP contribution in [-0.4, -0.2) is 193 Å². The van der Waals surface area contributed by atoms with Gasteiger partial charge in [0, 0.05) is 19.4 Å². The van der Waals surface area contributed by atoms with Gasteiger partial charge >= 0.3 is 0 Å². The van der Waals surface area contributed by atoms with Gasteiger partial charge in [0.05, 0.1) is 55.9 Å². The first-order chi connectivity index (χ1) is 29.6. The summed E-state index contributed by atoms with van der Waals surface area (Å²) in [6.07, 6.45) is -14.5. The first-order valence-electron chi connectivity index (χ1n) is 23.2. The fourth-order valence-corrected chi connectivity index (χ4v) is 13.2. The summed E-state index contributed by atoms with van der Waals surface area (Å²) in [6.45, 7) is 11.6. The summed E-state index contributed by atoms with van der Waals surface area (Å²) in [5.74, 6) is -1.39. The van der Waals surface area contributed by atoms with Gasteiger partial charge in [0.15, 0.2) is 18.9 Å². The zero-order chi connectivity index (χ0) is 46.1. The summed E-state index contributed by atoms with van der Waals surface area (Å²) < 4.78 is 40.8. The van der Waals surface area contributed by atoms with Crippen LogP contribution in [0.25, 0.3) is 0 Å². The highest BCUT2D eigenvalue weighted by molar-refractivity contribution is 5.33. The summed E-state index contributed by atoms with van der Waals surface area (Å²) >= 11 is 0. The number of methoxy groups -OCH3 is 1. The highest BCUT2D eigenvalue weighted by Crippen LogP contribution is 2.69. The lowest BCUT2D eigenvalue weighted by Gasteiger charge is -2.64. The molecular weight excluding hydrogens is 828 g/mol. The van der Waals surface area contributed by atoms with Gasteiger partial charge in [-0.1, -0.05) is 40.7 Å². The van der Waals surface area contributed by atoms with Gasteiger partial charge in [0.1, 0.15) is 54.9 Å². The van der Waals surface area contributed by atoms with Gasteiger partial charge < -0.3 is 89.3 Å². The van der Waals surface area contributed by atoms with Crippen molar-refractivity contribution in [1.82, 2.24) is 0 Å². The molecule has 0 aromatic rings. The molecule has 0 radical (unpaired) electrons. The van der Waals surface area contributed by atoms with Gasteiger partial charge in [-0.15, -0.1) is 0 Å². The number of fused-ring (bicyclic) bond motifs is 5. The van der Waals surface area contributed by atoms with Crippen LogP contribution in [0.5, 0.6) is 0 Å². The molecule has 364 valence electrons. The van der Waals surface area contributed by atoms with Crippen molar-refractivity contribution in [3.63, 3.8) is 0 Å². The Bertz CT molecular complexity index is 1570. The molecular formula is C45H76O18. The maximum absolute atomic E-state index is 12.9. The molecule has 0 aromatic heterocycles. The number of hydrogen-bond donors (Lipinski definition) is 11. The Morgan fingerprint density at radius 1 is 0.730 bits per heavy atom. The monoisotopic (exact) mass is 905 g/mol. The predicted molar refractivity (Wildman–Crippen MR) is 220 cm³/mol. The molecule has 63 heavy (non-hydrogen) atoms. The molecule has 7 aliphatic rings. The average molecular weight is 905 g/mol. The van der Waals surface area contributed by atoms with Crippen LogP contribution in [0.2, 0.25) is 0 Å². The third-order valence-electron chi connectivity index (χ3n) is 16.8. The summed E-state index contributed by atoms with van der Waals surface area (Å²) in [5.41, 5.74) is -2.00. The Balaban J connectivity index is 1.01. The lowest BCUT2D eigenvalue weighted by atomic mass is 9.43. The molecule has 11 N–H and O–H groups in total. The van der Waals surface area contributed by atoms with Crippen molar-refractivity contribution in [2.45, 2.75) is 196 Å². The Morgan fingerprint density at radius 3 is 2.03 bits per heavy atom. The number of rotatable bonds is 13.